The fourth-order valence-corrected chi connectivity index (χ4v) is 3.72. The van der Waals surface area contributed by atoms with Crippen LogP contribution in [0.3, 0.4) is 0 Å². The predicted molar refractivity (Wildman–Crippen MR) is 119 cm³/mol. The summed E-state index contributed by atoms with van der Waals surface area (Å²) in [6, 6.07) is 8.77. The minimum absolute atomic E-state index is 0.0393. The molecule has 170 valence electrons. The maximum Gasteiger partial charge on any atom is 0.417 e. The van der Waals surface area contributed by atoms with Gasteiger partial charge in [-0.2, -0.15) is 13.2 Å². The number of carbonyl (C=O) groups excluding carboxylic acids is 1. The van der Waals surface area contributed by atoms with Crippen LogP contribution in [0.2, 0.25) is 5.02 Å². The number of hydrogen-bond donors (Lipinski definition) is 1. The topological polar surface area (TPSA) is 72.7 Å². The summed E-state index contributed by atoms with van der Waals surface area (Å²) in [5, 5.41) is 11.0. The van der Waals surface area contributed by atoms with Gasteiger partial charge >= 0.3 is 6.18 Å². The molecular weight excluding hydrogens is 463 g/mol. The molecule has 0 unspecified atom stereocenters. The first-order valence-corrected chi connectivity index (χ1v) is 10.9. The van der Waals surface area contributed by atoms with E-state index in [2.05, 4.69) is 41.3 Å². The number of hydrogen-bond acceptors (Lipinski definition) is 5. The molecule has 3 aromatic rings. The zero-order chi connectivity index (χ0) is 23.7. The average molecular weight is 484 g/mol. The quantitative estimate of drug-likeness (QED) is 0.480. The van der Waals surface area contributed by atoms with Crippen LogP contribution in [-0.2, 0) is 23.4 Å². The largest absolute Gasteiger partial charge is 0.417 e. The number of halogens is 4. The zero-order valence-electron chi connectivity index (χ0n) is 17.8. The summed E-state index contributed by atoms with van der Waals surface area (Å²) in [6.07, 6.45) is -3.94. The molecule has 1 aromatic carbocycles. The van der Waals surface area contributed by atoms with Gasteiger partial charge in [-0.15, -0.1) is 10.2 Å². The van der Waals surface area contributed by atoms with Crippen LogP contribution in [0.5, 0.6) is 0 Å². The normalized spacial score (nSPS) is 12.1. The number of benzene rings is 1. The summed E-state index contributed by atoms with van der Waals surface area (Å²) >= 11 is 6.96. The Hall–Kier alpha value is -2.59. The van der Waals surface area contributed by atoms with Crippen LogP contribution in [0.4, 0.5) is 19.0 Å². The van der Waals surface area contributed by atoms with Crippen LogP contribution in [0, 0.1) is 0 Å². The second-order valence-electron chi connectivity index (χ2n) is 8.08. The summed E-state index contributed by atoms with van der Waals surface area (Å²) in [7, 11) is 1.79. The van der Waals surface area contributed by atoms with E-state index in [1.165, 1.54) is 5.56 Å². The lowest BCUT2D eigenvalue weighted by molar-refractivity contribution is -0.137. The third-order valence-electron chi connectivity index (χ3n) is 4.60. The van der Waals surface area contributed by atoms with E-state index >= 15 is 0 Å². The van der Waals surface area contributed by atoms with Gasteiger partial charge in [0.1, 0.15) is 0 Å². The molecule has 0 aliphatic heterocycles. The van der Waals surface area contributed by atoms with Crippen molar-refractivity contribution in [2.45, 2.75) is 37.5 Å². The SMILES string of the molecule is Cn1c(SCC(=O)Nc2ncc(C(F)(F)F)cc2Cl)nnc1-c1ccc(C(C)(C)C)cc1. The highest BCUT2D eigenvalue weighted by atomic mass is 35.5. The molecule has 0 saturated carbocycles. The van der Waals surface area contributed by atoms with Crippen molar-refractivity contribution in [2.24, 2.45) is 7.05 Å². The fraction of sp³-hybridized carbons (Fsp3) is 0.333. The second kappa shape index (κ2) is 9.11. The summed E-state index contributed by atoms with van der Waals surface area (Å²) in [5.74, 6) is -0.0135. The number of anilines is 1. The van der Waals surface area contributed by atoms with Gasteiger partial charge in [-0.05, 0) is 17.0 Å². The zero-order valence-corrected chi connectivity index (χ0v) is 19.4. The van der Waals surface area contributed by atoms with Crippen molar-refractivity contribution in [2.75, 3.05) is 11.1 Å². The van der Waals surface area contributed by atoms with E-state index in [0.29, 0.717) is 17.2 Å². The van der Waals surface area contributed by atoms with E-state index < -0.39 is 17.6 Å². The molecule has 0 atom stereocenters. The van der Waals surface area contributed by atoms with Crippen molar-refractivity contribution in [3.63, 3.8) is 0 Å². The van der Waals surface area contributed by atoms with Crippen LogP contribution in [0.25, 0.3) is 11.4 Å². The first-order chi connectivity index (χ1) is 14.9. The Morgan fingerprint density at radius 2 is 1.78 bits per heavy atom. The number of alkyl halides is 3. The van der Waals surface area contributed by atoms with Crippen LogP contribution in [0.1, 0.15) is 31.9 Å². The van der Waals surface area contributed by atoms with Crippen LogP contribution >= 0.6 is 23.4 Å². The molecule has 2 heterocycles. The van der Waals surface area contributed by atoms with Crippen molar-refractivity contribution < 1.29 is 18.0 Å². The number of thioether (sulfide) groups is 1. The summed E-state index contributed by atoms with van der Waals surface area (Å²) < 4.78 is 39.9. The van der Waals surface area contributed by atoms with Gasteiger partial charge in [0.15, 0.2) is 16.8 Å². The number of aromatic nitrogens is 4. The van der Waals surface area contributed by atoms with E-state index in [-0.39, 0.29) is 22.0 Å². The van der Waals surface area contributed by atoms with E-state index in [1.807, 2.05) is 24.3 Å². The van der Waals surface area contributed by atoms with E-state index in [9.17, 15) is 18.0 Å². The van der Waals surface area contributed by atoms with Crippen LogP contribution < -0.4 is 5.32 Å². The first-order valence-electron chi connectivity index (χ1n) is 9.52. The molecule has 0 bridgehead atoms. The van der Waals surface area contributed by atoms with Crippen molar-refractivity contribution >= 4 is 35.1 Å². The lowest BCUT2D eigenvalue weighted by atomic mass is 9.87. The van der Waals surface area contributed by atoms with Gasteiger partial charge in [-0.1, -0.05) is 68.4 Å². The molecule has 1 amide bonds. The maximum atomic E-state index is 12.7. The molecule has 32 heavy (non-hydrogen) atoms. The standard InChI is InChI=1S/C21H21ClF3N5OS/c1-20(2,3)13-7-5-12(6-8-13)18-28-29-19(30(18)4)32-11-16(31)27-17-15(22)9-14(10-26-17)21(23,24)25/h5-10H,11H2,1-4H3,(H,26,27,31). The van der Waals surface area contributed by atoms with Crippen molar-refractivity contribution in [3.05, 3.63) is 52.7 Å². The van der Waals surface area contributed by atoms with Gasteiger partial charge in [0, 0.05) is 18.8 Å². The fourth-order valence-electron chi connectivity index (χ4n) is 2.79. The third-order valence-corrected chi connectivity index (χ3v) is 5.91. The van der Waals surface area contributed by atoms with Crippen molar-refractivity contribution in [1.82, 2.24) is 19.7 Å². The first kappa shape index (κ1) is 24.1. The van der Waals surface area contributed by atoms with Crippen molar-refractivity contribution in [1.29, 1.82) is 0 Å². The average Bonchev–Trinajstić information content (AvgIpc) is 3.07. The molecule has 3 rings (SSSR count). The molecule has 0 radical (unpaired) electrons. The number of amides is 1. The number of pyridine rings is 1. The number of rotatable bonds is 5. The van der Waals surface area contributed by atoms with Gasteiger partial charge in [-0.3, -0.25) is 4.79 Å². The Bertz CT molecular complexity index is 1120. The Kier molecular flexibility index (Phi) is 6.85. The monoisotopic (exact) mass is 483 g/mol. The highest BCUT2D eigenvalue weighted by Gasteiger charge is 2.31. The molecule has 0 aliphatic carbocycles. The molecule has 0 saturated heterocycles. The Labute approximate surface area is 192 Å². The van der Waals surface area contributed by atoms with Gasteiger partial charge in [0.05, 0.1) is 16.3 Å². The Morgan fingerprint density at radius 3 is 2.34 bits per heavy atom. The van der Waals surface area contributed by atoms with Gasteiger partial charge in [0.25, 0.3) is 0 Å². The highest BCUT2D eigenvalue weighted by molar-refractivity contribution is 7.99. The van der Waals surface area contributed by atoms with Gasteiger partial charge in [-0.25, -0.2) is 4.98 Å². The Balaban J connectivity index is 1.64. The highest BCUT2D eigenvalue weighted by Crippen LogP contribution is 2.32. The minimum Gasteiger partial charge on any atom is -0.309 e. The lowest BCUT2D eigenvalue weighted by Gasteiger charge is -2.19. The smallest absolute Gasteiger partial charge is 0.309 e. The van der Waals surface area contributed by atoms with Gasteiger partial charge < -0.3 is 9.88 Å². The number of carbonyl (C=O) groups is 1. The molecule has 1 N–H and O–H groups in total. The maximum absolute atomic E-state index is 12.7. The van der Waals surface area contributed by atoms with E-state index in [4.69, 9.17) is 11.6 Å². The molecule has 11 heteroatoms. The summed E-state index contributed by atoms with van der Waals surface area (Å²) in [5.41, 5.74) is 1.14. The van der Waals surface area contributed by atoms with E-state index in [0.717, 1.165) is 23.4 Å². The molecule has 6 nitrogen and oxygen atoms in total. The predicted octanol–water partition coefficient (Wildman–Crippen LogP) is 5.58. The molecule has 0 aliphatic rings. The second-order valence-corrected chi connectivity index (χ2v) is 9.43. The van der Waals surface area contributed by atoms with E-state index in [1.54, 1.807) is 11.6 Å². The summed E-state index contributed by atoms with van der Waals surface area (Å²) in [4.78, 5) is 15.8. The third kappa shape index (κ3) is 5.60. The lowest BCUT2D eigenvalue weighted by Crippen LogP contribution is -2.16. The number of nitrogens with zero attached hydrogens (tertiary/aromatic N) is 4. The van der Waals surface area contributed by atoms with Crippen LogP contribution in [0.15, 0.2) is 41.7 Å². The van der Waals surface area contributed by atoms with Gasteiger partial charge in [0.2, 0.25) is 5.91 Å². The molecule has 0 spiro atoms. The Morgan fingerprint density at radius 1 is 1.12 bits per heavy atom. The molecule has 2 aromatic heterocycles. The van der Waals surface area contributed by atoms with Crippen molar-refractivity contribution in [3.8, 4) is 11.4 Å². The minimum atomic E-state index is -4.56. The van der Waals surface area contributed by atoms with Crippen LogP contribution in [-0.4, -0.2) is 31.4 Å². The summed E-state index contributed by atoms with van der Waals surface area (Å²) in [6.45, 7) is 6.41. The molecule has 0 fully saturated rings. The number of nitrogens with one attached hydrogen (secondary N) is 1. The molecular formula is C21H21ClF3N5OS.